The number of fused-ring (bicyclic) bond motifs is 1. The Balaban J connectivity index is 1.36. The zero-order valence-corrected chi connectivity index (χ0v) is 14.8. The SMILES string of the molecule is Cc1cc(NC(=O)ON2CCN(c3nc(N)nc4scnc34)CC2)[nH]n1. The fourth-order valence-electron chi connectivity index (χ4n) is 2.71. The van der Waals surface area contributed by atoms with E-state index < -0.39 is 6.09 Å². The van der Waals surface area contributed by atoms with Crippen LogP contribution in [0.15, 0.2) is 11.6 Å². The van der Waals surface area contributed by atoms with Crippen LogP contribution in [-0.4, -0.2) is 62.5 Å². The number of amides is 1. The average Bonchev–Trinajstić information content (AvgIpc) is 3.23. The lowest BCUT2D eigenvalue weighted by Gasteiger charge is -2.33. The number of carbonyl (C=O) groups excluding carboxylic acids is 1. The second-order valence-electron chi connectivity index (χ2n) is 5.75. The lowest BCUT2D eigenvalue weighted by molar-refractivity contribution is -0.0966. The Morgan fingerprint density at radius 2 is 2.15 bits per heavy atom. The smallest absolute Gasteiger partial charge is 0.368 e. The van der Waals surface area contributed by atoms with Gasteiger partial charge in [-0.25, -0.2) is 14.8 Å². The molecule has 0 radical (unpaired) electrons. The Morgan fingerprint density at radius 3 is 2.88 bits per heavy atom. The number of hydrogen-bond donors (Lipinski definition) is 3. The highest BCUT2D eigenvalue weighted by Crippen LogP contribution is 2.26. The molecule has 1 aliphatic heterocycles. The molecule has 0 spiro atoms. The quantitative estimate of drug-likeness (QED) is 0.611. The zero-order valence-electron chi connectivity index (χ0n) is 14.0. The molecular formula is C14H17N9O2S. The Bertz CT molecular complexity index is 932. The Morgan fingerprint density at radius 1 is 1.35 bits per heavy atom. The van der Waals surface area contributed by atoms with Gasteiger partial charge in [0, 0.05) is 19.2 Å². The predicted molar refractivity (Wildman–Crippen MR) is 96.8 cm³/mol. The number of aromatic nitrogens is 5. The number of piperazine rings is 1. The van der Waals surface area contributed by atoms with E-state index in [1.807, 2.05) is 6.92 Å². The molecule has 1 fully saturated rings. The third kappa shape index (κ3) is 3.36. The van der Waals surface area contributed by atoms with E-state index in [1.54, 1.807) is 16.6 Å². The van der Waals surface area contributed by atoms with Crippen molar-refractivity contribution in [1.29, 1.82) is 0 Å². The van der Waals surface area contributed by atoms with Crippen LogP contribution in [0.5, 0.6) is 0 Å². The molecule has 136 valence electrons. The van der Waals surface area contributed by atoms with Gasteiger partial charge in [0.05, 0.1) is 24.3 Å². The maximum absolute atomic E-state index is 11.9. The number of nitrogens with two attached hydrogens (primary N) is 1. The lowest BCUT2D eigenvalue weighted by atomic mass is 10.3. The van der Waals surface area contributed by atoms with Crippen LogP contribution in [0.2, 0.25) is 0 Å². The predicted octanol–water partition coefficient (Wildman–Crippen LogP) is 0.986. The average molecular weight is 375 g/mol. The monoisotopic (exact) mass is 375 g/mol. The number of nitrogens with one attached hydrogen (secondary N) is 2. The molecular weight excluding hydrogens is 358 g/mol. The number of rotatable bonds is 3. The normalized spacial score (nSPS) is 15.3. The second kappa shape index (κ2) is 6.72. The van der Waals surface area contributed by atoms with E-state index in [9.17, 15) is 4.79 Å². The van der Waals surface area contributed by atoms with Crippen LogP contribution in [0, 0.1) is 6.92 Å². The van der Waals surface area contributed by atoms with E-state index in [-0.39, 0.29) is 5.95 Å². The van der Waals surface area contributed by atoms with E-state index >= 15 is 0 Å². The minimum atomic E-state index is -0.560. The van der Waals surface area contributed by atoms with Gasteiger partial charge in [0.2, 0.25) is 5.95 Å². The van der Waals surface area contributed by atoms with E-state index in [0.717, 1.165) is 16.0 Å². The molecule has 26 heavy (non-hydrogen) atoms. The molecule has 1 amide bonds. The maximum Gasteiger partial charge on any atom is 0.431 e. The number of H-pyrrole nitrogens is 1. The molecule has 0 atom stereocenters. The first-order chi connectivity index (χ1) is 12.6. The molecule has 4 heterocycles. The van der Waals surface area contributed by atoms with Crippen LogP contribution in [0.25, 0.3) is 10.3 Å². The van der Waals surface area contributed by atoms with Gasteiger partial charge in [0.1, 0.15) is 11.3 Å². The van der Waals surface area contributed by atoms with Gasteiger partial charge in [-0.2, -0.15) is 10.1 Å². The van der Waals surface area contributed by atoms with E-state index in [2.05, 4.69) is 35.4 Å². The number of aromatic amines is 1. The Kier molecular flexibility index (Phi) is 4.26. The van der Waals surface area contributed by atoms with Gasteiger partial charge in [0.25, 0.3) is 0 Å². The molecule has 0 aromatic carbocycles. The Hall–Kier alpha value is -2.99. The molecule has 0 saturated carbocycles. The molecule has 4 N–H and O–H groups in total. The molecule has 1 saturated heterocycles. The maximum atomic E-state index is 11.9. The van der Waals surface area contributed by atoms with Crippen molar-refractivity contribution in [3.63, 3.8) is 0 Å². The van der Waals surface area contributed by atoms with E-state index in [4.69, 9.17) is 10.6 Å². The topological polar surface area (TPSA) is 138 Å². The van der Waals surface area contributed by atoms with Gasteiger partial charge < -0.3 is 15.5 Å². The molecule has 0 bridgehead atoms. The first-order valence-electron chi connectivity index (χ1n) is 7.96. The summed E-state index contributed by atoms with van der Waals surface area (Å²) in [6.07, 6.45) is -0.560. The summed E-state index contributed by atoms with van der Waals surface area (Å²) >= 11 is 1.43. The minimum absolute atomic E-state index is 0.227. The fourth-order valence-corrected chi connectivity index (χ4v) is 3.37. The molecule has 3 aromatic heterocycles. The number of nitrogens with zero attached hydrogens (tertiary/aromatic N) is 6. The van der Waals surface area contributed by atoms with Crippen molar-refractivity contribution in [3.8, 4) is 0 Å². The summed E-state index contributed by atoms with van der Waals surface area (Å²) in [4.78, 5) is 32.9. The van der Waals surface area contributed by atoms with Crippen molar-refractivity contribution in [2.75, 3.05) is 42.1 Å². The van der Waals surface area contributed by atoms with Crippen LogP contribution < -0.4 is 16.0 Å². The summed E-state index contributed by atoms with van der Waals surface area (Å²) in [5.74, 6) is 1.43. The van der Waals surface area contributed by atoms with Crippen LogP contribution in [0.3, 0.4) is 0 Å². The van der Waals surface area contributed by atoms with Gasteiger partial charge in [-0.05, 0) is 6.92 Å². The standard InChI is InChI=1S/C14H17N9O2S/c1-8-6-9(21-20-8)17-14(24)25-23-4-2-22(3-5-23)11-10-12(26-7-16-10)19-13(15)18-11/h6-7H,2-5H2,1H3,(H2,15,18,19)(H2,17,20,21,24). The Labute approximate surface area is 152 Å². The summed E-state index contributed by atoms with van der Waals surface area (Å²) in [5.41, 5.74) is 9.04. The van der Waals surface area contributed by atoms with Gasteiger partial charge in [-0.15, -0.1) is 16.4 Å². The third-order valence-electron chi connectivity index (χ3n) is 3.89. The number of nitrogen functional groups attached to an aromatic ring is 1. The molecule has 0 aliphatic carbocycles. The first-order valence-corrected chi connectivity index (χ1v) is 8.84. The van der Waals surface area contributed by atoms with Crippen molar-refractivity contribution in [2.45, 2.75) is 6.92 Å². The highest BCUT2D eigenvalue weighted by atomic mass is 32.1. The molecule has 11 nitrogen and oxygen atoms in total. The van der Waals surface area contributed by atoms with E-state index in [0.29, 0.717) is 37.8 Å². The summed E-state index contributed by atoms with van der Waals surface area (Å²) in [6, 6.07) is 1.72. The fraction of sp³-hybridized carbons (Fsp3) is 0.357. The van der Waals surface area contributed by atoms with Crippen molar-refractivity contribution in [1.82, 2.24) is 30.2 Å². The number of carbonyl (C=O) groups is 1. The number of hydroxylamine groups is 2. The van der Waals surface area contributed by atoms with Crippen LogP contribution in [-0.2, 0) is 4.84 Å². The van der Waals surface area contributed by atoms with Crippen molar-refractivity contribution < 1.29 is 9.63 Å². The molecule has 3 aromatic rings. The van der Waals surface area contributed by atoms with Crippen LogP contribution in [0.4, 0.5) is 22.4 Å². The summed E-state index contributed by atoms with van der Waals surface area (Å²) < 4.78 is 0. The van der Waals surface area contributed by atoms with Crippen LogP contribution in [0.1, 0.15) is 5.69 Å². The second-order valence-corrected chi connectivity index (χ2v) is 6.59. The van der Waals surface area contributed by atoms with Crippen molar-refractivity contribution >= 4 is 45.4 Å². The molecule has 4 rings (SSSR count). The number of thiazole rings is 1. The van der Waals surface area contributed by atoms with Gasteiger partial charge in [0.15, 0.2) is 10.6 Å². The first kappa shape index (κ1) is 16.5. The van der Waals surface area contributed by atoms with Gasteiger partial charge in [-0.1, -0.05) is 0 Å². The van der Waals surface area contributed by atoms with Gasteiger partial charge >= 0.3 is 6.09 Å². The summed E-state index contributed by atoms with van der Waals surface area (Å²) in [6.45, 7) is 4.14. The molecule has 12 heteroatoms. The minimum Gasteiger partial charge on any atom is -0.368 e. The third-order valence-corrected chi connectivity index (χ3v) is 4.61. The summed E-state index contributed by atoms with van der Waals surface area (Å²) in [5, 5.41) is 10.9. The van der Waals surface area contributed by atoms with Crippen molar-refractivity contribution in [2.24, 2.45) is 0 Å². The highest BCUT2D eigenvalue weighted by Gasteiger charge is 2.24. The van der Waals surface area contributed by atoms with E-state index in [1.165, 1.54) is 11.3 Å². The number of hydrogen-bond acceptors (Lipinski definition) is 10. The van der Waals surface area contributed by atoms with Crippen LogP contribution >= 0.6 is 11.3 Å². The van der Waals surface area contributed by atoms with Crippen molar-refractivity contribution in [3.05, 3.63) is 17.3 Å². The molecule has 0 unspecified atom stereocenters. The number of anilines is 3. The lowest BCUT2D eigenvalue weighted by Crippen LogP contribution is -2.47. The largest absolute Gasteiger partial charge is 0.431 e. The van der Waals surface area contributed by atoms with Gasteiger partial charge in [-0.3, -0.25) is 10.4 Å². The number of aryl methyl sites for hydroxylation is 1. The molecule has 1 aliphatic rings. The summed E-state index contributed by atoms with van der Waals surface area (Å²) in [7, 11) is 0. The highest BCUT2D eigenvalue weighted by molar-refractivity contribution is 7.16. The zero-order chi connectivity index (χ0) is 18.1.